The van der Waals surface area contributed by atoms with Gasteiger partial charge in [0.2, 0.25) is 0 Å². The van der Waals surface area contributed by atoms with Crippen LogP contribution >= 0.6 is 0 Å². The summed E-state index contributed by atoms with van der Waals surface area (Å²) in [5.41, 5.74) is 4.48. The number of ether oxygens (including phenoxy) is 1. The summed E-state index contributed by atoms with van der Waals surface area (Å²) in [5, 5.41) is 6.26. The average Bonchev–Trinajstić information content (AvgIpc) is 2.94. The van der Waals surface area contributed by atoms with Gasteiger partial charge in [-0.3, -0.25) is 4.79 Å². The normalized spacial score (nSPS) is 13.8. The topological polar surface area (TPSA) is 79.0 Å². The second-order valence-electron chi connectivity index (χ2n) is 5.74. The van der Waals surface area contributed by atoms with Crippen molar-refractivity contribution in [2.45, 2.75) is 13.1 Å². The predicted molar refractivity (Wildman–Crippen MR) is 90.9 cm³/mol. The minimum absolute atomic E-state index is 0.0937. The fraction of sp³-hybridized carbons (Fsp3) is 0.222. The lowest BCUT2D eigenvalue weighted by atomic mass is 10.1. The van der Waals surface area contributed by atoms with Crippen molar-refractivity contribution < 1.29 is 9.53 Å². The zero-order valence-electron chi connectivity index (χ0n) is 13.1. The average molecular weight is 322 g/mol. The van der Waals surface area contributed by atoms with Crippen molar-refractivity contribution in [1.29, 1.82) is 0 Å². The van der Waals surface area contributed by atoms with Gasteiger partial charge in [0.15, 0.2) is 0 Å². The molecule has 1 aromatic heterocycles. The van der Waals surface area contributed by atoms with Crippen molar-refractivity contribution in [3.8, 4) is 5.75 Å². The van der Waals surface area contributed by atoms with Crippen LogP contribution < -0.4 is 15.4 Å². The maximum atomic E-state index is 12.6. The first-order chi connectivity index (χ1) is 11.8. The van der Waals surface area contributed by atoms with Gasteiger partial charge in [0, 0.05) is 30.8 Å². The van der Waals surface area contributed by atoms with Gasteiger partial charge in [0.25, 0.3) is 5.91 Å². The van der Waals surface area contributed by atoms with E-state index in [1.54, 1.807) is 6.33 Å². The summed E-state index contributed by atoms with van der Waals surface area (Å²) in [6, 6.07) is 11.5. The van der Waals surface area contributed by atoms with Gasteiger partial charge in [-0.2, -0.15) is 0 Å². The Labute approximate surface area is 139 Å². The second-order valence-corrected chi connectivity index (χ2v) is 5.74. The first kappa shape index (κ1) is 14.7. The van der Waals surface area contributed by atoms with Gasteiger partial charge in [-0.25, -0.2) is 4.98 Å². The summed E-state index contributed by atoms with van der Waals surface area (Å²) >= 11 is 0. The first-order valence-electron chi connectivity index (χ1n) is 7.97. The molecule has 1 amide bonds. The number of rotatable bonds is 3. The number of benzene rings is 2. The van der Waals surface area contributed by atoms with Crippen LogP contribution in [-0.4, -0.2) is 29.0 Å². The summed E-state index contributed by atoms with van der Waals surface area (Å²) in [7, 11) is 0. The van der Waals surface area contributed by atoms with Crippen molar-refractivity contribution in [2.75, 3.05) is 13.2 Å². The molecular formula is C18H18N4O2. The third kappa shape index (κ3) is 2.83. The van der Waals surface area contributed by atoms with Gasteiger partial charge in [0.05, 0.1) is 17.4 Å². The maximum Gasteiger partial charge on any atom is 0.252 e. The SMILES string of the molecule is O=C(NCc1ccc2nc[nH]c2c1)c1cccc2c1CNCCO2. The minimum atomic E-state index is -0.0937. The van der Waals surface area contributed by atoms with Crippen LogP contribution in [0.3, 0.4) is 0 Å². The van der Waals surface area contributed by atoms with Gasteiger partial charge in [-0.1, -0.05) is 12.1 Å². The van der Waals surface area contributed by atoms with Crippen LogP contribution in [0.25, 0.3) is 11.0 Å². The number of nitrogens with one attached hydrogen (secondary N) is 3. The van der Waals surface area contributed by atoms with Crippen LogP contribution in [-0.2, 0) is 13.1 Å². The molecule has 0 bridgehead atoms. The van der Waals surface area contributed by atoms with Gasteiger partial charge >= 0.3 is 0 Å². The molecule has 1 aliphatic heterocycles. The lowest BCUT2D eigenvalue weighted by Crippen LogP contribution is -2.25. The Morgan fingerprint density at radius 1 is 1.29 bits per heavy atom. The number of hydrogen-bond donors (Lipinski definition) is 3. The van der Waals surface area contributed by atoms with E-state index >= 15 is 0 Å². The van der Waals surface area contributed by atoms with E-state index < -0.39 is 0 Å². The molecule has 3 aromatic rings. The molecule has 0 aliphatic carbocycles. The van der Waals surface area contributed by atoms with Gasteiger partial charge in [0.1, 0.15) is 12.4 Å². The van der Waals surface area contributed by atoms with E-state index in [2.05, 4.69) is 20.6 Å². The summed E-state index contributed by atoms with van der Waals surface area (Å²) in [4.78, 5) is 19.9. The second kappa shape index (κ2) is 6.33. The number of fused-ring (bicyclic) bond motifs is 2. The van der Waals surface area contributed by atoms with Crippen molar-refractivity contribution in [3.05, 3.63) is 59.4 Å². The van der Waals surface area contributed by atoms with Crippen LogP contribution in [0.5, 0.6) is 5.75 Å². The molecule has 24 heavy (non-hydrogen) atoms. The summed E-state index contributed by atoms with van der Waals surface area (Å²) in [5.74, 6) is 0.690. The molecule has 0 radical (unpaired) electrons. The highest BCUT2D eigenvalue weighted by atomic mass is 16.5. The van der Waals surface area contributed by atoms with E-state index in [0.29, 0.717) is 25.3 Å². The lowest BCUT2D eigenvalue weighted by Gasteiger charge is -2.12. The largest absolute Gasteiger partial charge is 0.492 e. The molecule has 122 valence electrons. The van der Waals surface area contributed by atoms with Gasteiger partial charge < -0.3 is 20.4 Å². The predicted octanol–water partition coefficient (Wildman–Crippen LogP) is 1.97. The Morgan fingerprint density at radius 2 is 2.25 bits per heavy atom. The maximum absolute atomic E-state index is 12.6. The number of carbonyl (C=O) groups is 1. The molecule has 2 aromatic carbocycles. The van der Waals surface area contributed by atoms with E-state index in [0.717, 1.165) is 34.5 Å². The monoisotopic (exact) mass is 322 g/mol. The molecule has 0 saturated carbocycles. The standard InChI is InChI=1S/C18H18N4O2/c23-18(13-2-1-3-17-14(13)10-19-6-7-24-17)20-9-12-4-5-15-16(8-12)22-11-21-15/h1-5,8,11,19H,6-7,9-10H2,(H,20,23)(H,21,22). The van der Waals surface area contributed by atoms with Crippen molar-refractivity contribution in [1.82, 2.24) is 20.6 Å². The number of nitrogens with zero attached hydrogens (tertiary/aromatic N) is 1. The zero-order chi connectivity index (χ0) is 16.4. The van der Waals surface area contributed by atoms with Crippen LogP contribution in [0.2, 0.25) is 0 Å². The quantitative estimate of drug-likeness (QED) is 0.689. The van der Waals surface area contributed by atoms with Crippen LogP contribution in [0.1, 0.15) is 21.5 Å². The third-order valence-electron chi connectivity index (χ3n) is 4.15. The molecule has 3 N–H and O–H groups in total. The molecular weight excluding hydrogens is 304 g/mol. The highest BCUT2D eigenvalue weighted by Crippen LogP contribution is 2.24. The van der Waals surface area contributed by atoms with Gasteiger partial charge in [-0.05, 0) is 29.8 Å². The molecule has 0 atom stereocenters. The Morgan fingerprint density at radius 3 is 3.21 bits per heavy atom. The van der Waals surface area contributed by atoms with Crippen LogP contribution in [0.15, 0.2) is 42.7 Å². The van der Waals surface area contributed by atoms with Gasteiger partial charge in [-0.15, -0.1) is 0 Å². The smallest absolute Gasteiger partial charge is 0.252 e. The fourth-order valence-corrected chi connectivity index (χ4v) is 2.91. The Balaban J connectivity index is 1.52. The number of imidazole rings is 1. The highest BCUT2D eigenvalue weighted by Gasteiger charge is 2.17. The minimum Gasteiger partial charge on any atom is -0.492 e. The Kier molecular flexibility index (Phi) is 3.88. The number of amides is 1. The first-order valence-corrected chi connectivity index (χ1v) is 7.97. The number of hydrogen-bond acceptors (Lipinski definition) is 4. The lowest BCUT2D eigenvalue weighted by molar-refractivity contribution is 0.0949. The van der Waals surface area contributed by atoms with E-state index in [4.69, 9.17) is 4.74 Å². The number of carbonyl (C=O) groups excluding carboxylic acids is 1. The molecule has 0 unspecified atom stereocenters. The van der Waals surface area contributed by atoms with E-state index in [1.165, 1.54) is 0 Å². The Bertz CT molecular complexity index is 888. The zero-order valence-corrected chi connectivity index (χ0v) is 13.1. The molecule has 1 aliphatic rings. The molecule has 0 spiro atoms. The molecule has 0 saturated heterocycles. The molecule has 4 rings (SSSR count). The number of aromatic amines is 1. The van der Waals surface area contributed by atoms with E-state index in [-0.39, 0.29) is 5.91 Å². The Hall–Kier alpha value is -2.86. The summed E-state index contributed by atoms with van der Waals surface area (Å²) in [6.45, 7) is 2.49. The summed E-state index contributed by atoms with van der Waals surface area (Å²) < 4.78 is 5.69. The molecule has 6 nitrogen and oxygen atoms in total. The fourth-order valence-electron chi connectivity index (χ4n) is 2.91. The number of H-pyrrole nitrogens is 1. The third-order valence-corrected chi connectivity index (χ3v) is 4.15. The molecule has 6 heteroatoms. The molecule has 0 fully saturated rings. The van der Waals surface area contributed by atoms with E-state index in [1.807, 2.05) is 36.4 Å². The number of aromatic nitrogens is 2. The van der Waals surface area contributed by atoms with Crippen molar-refractivity contribution in [2.24, 2.45) is 0 Å². The highest BCUT2D eigenvalue weighted by molar-refractivity contribution is 5.96. The molecule has 2 heterocycles. The van der Waals surface area contributed by atoms with Crippen molar-refractivity contribution in [3.63, 3.8) is 0 Å². The van der Waals surface area contributed by atoms with Crippen LogP contribution in [0.4, 0.5) is 0 Å². The summed E-state index contributed by atoms with van der Waals surface area (Å²) in [6.07, 6.45) is 1.67. The van der Waals surface area contributed by atoms with Crippen LogP contribution in [0, 0.1) is 0 Å². The van der Waals surface area contributed by atoms with E-state index in [9.17, 15) is 4.79 Å². The van der Waals surface area contributed by atoms with Crippen molar-refractivity contribution >= 4 is 16.9 Å².